The van der Waals surface area contributed by atoms with Crippen LogP contribution >= 0.6 is 0 Å². The van der Waals surface area contributed by atoms with Crippen molar-refractivity contribution >= 4 is 11.9 Å². The summed E-state index contributed by atoms with van der Waals surface area (Å²) in [7, 11) is 0. The van der Waals surface area contributed by atoms with Gasteiger partial charge in [-0.2, -0.15) is 0 Å². The van der Waals surface area contributed by atoms with Crippen LogP contribution in [0.4, 0.5) is 0 Å². The number of carboxylic acids is 1. The average Bonchev–Trinajstić information content (AvgIpc) is 2.46. The molecule has 1 aromatic carbocycles. The van der Waals surface area contributed by atoms with Gasteiger partial charge in [-0.3, -0.25) is 9.59 Å². The Morgan fingerprint density at radius 2 is 1.59 bits per heavy atom. The number of piperidine rings is 1. The number of likely N-dealkylation sites (tertiary alicyclic amines) is 1. The maximum atomic E-state index is 11.9. The fourth-order valence-electron chi connectivity index (χ4n) is 3.12. The second-order valence-corrected chi connectivity index (χ2v) is 7.22. The SMILES string of the molecule is CC(=O)N1CCC(C(=O)O)(c2ccc(C(C)(C)C)cc2)CC1. The highest BCUT2D eigenvalue weighted by molar-refractivity contribution is 5.82. The molecular formula is C18H25NO3. The van der Waals surface area contributed by atoms with E-state index in [1.54, 1.807) is 4.90 Å². The van der Waals surface area contributed by atoms with E-state index in [4.69, 9.17) is 0 Å². The van der Waals surface area contributed by atoms with E-state index in [0.717, 1.165) is 5.56 Å². The zero-order valence-corrected chi connectivity index (χ0v) is 13.8. The van der Waals surface area contributed by atoms with Gasteiger partial charge in [0.1, 0.15) is 0 Å². The first kappa shape index (κ1) is 16.5. The molecule has 120 valence electrons. The molecule has 1 amide bonds. The number of carbonyl (C=O) groups is 2. The maximum absolute atomic E-state index is 11.9. The Bertz CT molecular complexity index is 561. The van der Waals surface area contributed by atoms with Gasteiger partial charge >= 0.3 is 5.97 Å². The molecule has 0 aliphatic carbocycles. The lowest BCUT2D eigenvalue weighted by Gasteiger charge is -2.39. The molecule has 1 heterocycles. The predicted molar refractivity (Wildman–Crippen MR) is 85.9 cm³/mol. The summed E-state index contributed by atoms with van der Waals surface area (Å²) in [5, 5.41) is 9.79. The second-order valence-electron chi connectivity index (χ2n) is 7.22. The third-order valence-corrected chi connectivity index (χ3v) is 4.78. The first-order chi connectivity index (χ1) is 10.2. The topological polar surface area (TPSA) is 57.6 Å². The van der Waals surface area contributed by atoms with E-state index >= 15 is 0 Å². The summed E-state index contributed by atoms with van der Waals surface area (Å²) in [4.78, 5) is 25.1. The van der Waals surface area contributed by atoms with Gasteiger partial charge in [-0.25, -0.2) is 0 Å². The molecule has 2 rings (SSSR count). The van der Waals surface area contributed by atoms with Crippen LogP contribution in [0.25, 0.3) is 0 Å². The quantitative estimate of drug-likeness (QED) is 0.914. The number of hydrogen-bond acceptors (Lipinski definition) is 2. The Kier molecular flexibility index (Phi) is 4.32. The van der Waals surface area contributed by atoms with Crippen molar-refractivity contribution in [3.8, 4) is 0 Å². The van der Waals surface area contributed by atoms with Crippen LogP contribution in [0.3, 0.4) is 0 Å². The van der Waals surface area contributed by atoms with Crippen LogP contribution in [-0.2, 0) is 20.4 Å². The molecule has 1 N–H and O–H groups in total. The molecule has 0 atom stereocenters. The van der Waals surface area contributed by atoms with Gasteiger partial charge in [0.25, 0.3) is 0 Å². The van der Waals surface area contributed by atoms with Gasteiger partial charge in [0.2, 0.25) is 5.91 Å². The monoisotopic (exact) mass is 303 g/mol. The van der Waals surface area contributed by atoms with Crippen molar-refractivity contribution in [2.45, 2.75) is 51.4 Å². The number of nitrogens with zero attached hydrogens (tertiary/aromatic N) is 1. The molecule has 0 aromatic heterocycles. The van der Waals surface area contributed by atoms with E-state index < -0.39 is 11.4 Å². The van der Waals surface area contributed by atoms with Gasteiger partial charge in [-0.15, -0.1) is 0 Å². The van der Waals surface area contributed by atoms with Crippen LogP contribution < -0.4 is 0 Å². The number of rotatable bonds is 2. The Balaban J connectivity index is 2.30. The van der Waals surface area contributed by atoms with E-state index in [1.807, 2.05) is 24.3 Å². The Morgan fingerprint density at radius 3 is 1.95 bits per heavy atom. The molecule has 1 aliphatic rings. The van der Waals surface area contributed by atoms with Crippen molar-refractivity contribution in [1.29, 1.82) is 0 Å². The van der Waals surface area contributed by atoms with E-state index in [9.17, 15) is 14.7 Å². The van der Waals surface area contributed by atoms with Gasteiger partial charge in [0, 0.05) is 20.0 Å². The molecule has 4 heteroatoms. The van der Waals surface area contributed by atoms with Crippen LogP contribution in [0.1, 0.15) is 51.7 Å². The lowest BCUT2D eigenvalue weighted by molar-refractivity contribution is -0.148. The molecule has 1 aliphatic heterocycles. The average molecular weight is 303 g/mol. The minimum atomic E-state index is -0.873. The Labute approximate surface area is 132 Å². The van der Waals surface area contributed by atoms with Crippen LogP contribution in [0.5, 0.6) is 0 Å². The number of benzene rings is 1. The number of hydrogen-bond donors (Lipinski definition) is 1. The molecule has 4 nitrogen and oxygen atoms in total. The highest BCUT2D eigenvalue weighted by Crippen LogP contribution is 2.37. The van der Waals surface area contributed by atoms with Crippen molar-refractivity contribution in [3.63, 3.8) is 0 Å². The highest BCUT2D eigenvalue weighted by Gasteiger charge is 2.43. The third kappa shape index (κ3) is 3.01. The summed E-state index contributed by atoms with van der Waals surface area (Å²) in [5.74, 6) is -0.777. The van der Waals surface area contributed by atoms with Crippen molar-refractivity contribution in [2.24, 2.45) is 0 Å². The number of amides is 1. The summed E-state index contributed by atoms with van der Waals surface area (Å²) in [6, 6.07) is 7.94. The normalized spacial score (nSPS) is 18.1. The van der Waals surface area contributed by atoms with Gasteiger partial charge < -0.3 is 10.0 Å². The zero-order chi connectivity index (χ0) is 16.5. The van der Waals surface area contributed by atoms with Crippen molar-refractivity contribution in [3.05, 3.63) is 35.4 Å². The van der Waals surface area contributed by atoms with Crippen LogP contribution in [-0.4, -0.2) is 35.0 Å². The summed E-state index contributed by atoms with van der Waals surface area (Å²) < 4.78 is 0. The first-order valence-corrected chi connectivity index (χ1v) is 7.77. The van der Waals surface area contributed by atoms with E-state index in [1.165, 1.54) is 12.5 Å². The van der Waals surface area contributed by atoms with E-state index in [0.29, 0.717) is 25.9 Å². The molecular weight excluding hydrogens is 278 g/mol. The fourth-order valence-corrected chi connectivity index (χ4v) is 3.12. The zero-order valence-electron chi connectivity index (χ0n) is 13.8. The van der Waals surface area contributed by atoms with Crippen LogP contribution in [0, 0.1) is 0 Å². The largest absolute Gasteiger partial charge is 0.481 e. The highest BCUT2D eigenvalue weighted by atomic mass is 16.4. The summed E-state index contributed by atoms with van der Waals surface area (Å²) in [6.45, 7) is 8.96. The van der Waals surface area contributed by atoms with Gasteiger partial charge in [-0.05, 0) is 29.4 Å². The number of carboxylic acid groups (broad SMARTS) is 1. The maximum Gasteiger partial charge on any atom is 0.314 e. The van der Waals surface area contributed by atoms with Crippen molar-refractivity contribution in [2.75, 3.05) is 13.1 Å². The number of aliphatic carboxylic acids is 1. The lowest BCUT2D eigenvalue weighted by atomic mass is 9.72. The van der Waals surface area contributed by atoms with Crippen molar-refractivity contribution in [1.82, 2.24) is 4.90 Å². The number of carbonyl (C=O) groups excluding carboxylic acids is 1. The molecule has 0 saturated carbocycles. The summed E-state index contributed by atoms with van der Waals surface area (Å²) >= 11 is 0. The second kappa shape index (κ2) is 5.75. The molecule has 0 bridgehead atoms. The van der Waals surface area contributed by atoms with E-state index in [-0.39, 0.29) is 11.3 Å². The third-order valence-electron chi connectivity index (χ3n) is 4.78. The Morgan fingerprint density at radius 1 is 1.09 bits per heavy atom. The van der Waals surface area contributed by atoms with Gasteiger partial charge in [0.15, 0.2) is 0 Å². The predicted octanol–water partition coefficient (Wildman–Crippen LogP) is 2.95. The molecule has 0 unspecified atom stereocenters. The molecule has 1 fully saturated rings. The molecule has 0 radical (unpaired) electrons. The standard InChI is InChI=1S/C18H25NO3/c1-13(20)19-11-9-18(10-12-19,16(21)22)15-7-5-14(6-8-15)17(2,3)4/h5-8H,9-12H2,1-4H3,(H,21,22). The summed E-state index contributed by atoms with van der Waals surface area (Å²) in [5.41, 5.74) is 1.21. The minimum Gasteiger partial charge on any atom is -0.481 e. The van der Waals surface area contributed by atoms with E-state index in [2.05, 4.69) is 20.8 Å². The summed E-state index contributed by atoms with van der Waals surface area (Å²) in [6.07, 6.45) is 0.938. The van der Waals surface area contributed by atoms with Gasteiger partial charge in [-0.1, -0.05) is 45.0 Å². The molecule has 1 saturated heterocycles. The smallest absolute Gasteiger partial charge is 0.314 e. The molecule has 22 heavy (non-hydrogen) atoms. The Hall–Kier alpha value is -1.84. The van der Waals surface area contributed by atoms with Crippen LogP contribution in [0.15, 0.2) is 24.3 Å². The van der Waals surface area contributed by atoms with Crippen molar-refractivity contribution < 1.29 is 14.7 Å². The molecule has 0 spiro atoms. The lowest BCUT2D eigenvalue weighted by Crippen LogP contribution is -2.48. The molecule has 1 aromatic rings. The minimum absolute atomic E-state index is 0.0158. The fraction of sp³-hybridized carbons (Fsp3) is 0.556. The first-order valence-electron chi connectivity index (χ1n) is 7.77. The van der Waals surface area contributed by atoms with Crippen LogP contribution in [0.2, 0.25) is 0 Å². The van der Waals surface area contributed by atoms with Gasteiger partial charge in [0.05, 0.1) is 5.41 Å².